The maximum Gasteiger partial charge on any atom is 0.518 e. The van der Waals surface area contributed by atoms with Crippen molar-refractivity contribution in [2.75, 3.05) is 0 Å². The van der Waals surface area contributed by atoms with Crippen LogP contribution >= 0.6 is 0 Å². The summed E-state index contributed by atoms with van der Waals surface area (Å²) in [4.78, 5) is 10.8. The first-order chi connectivity index (χ1) is 22.6. The molecule has 0 aliphatic heterocycles. The number of hydrogen-bond acceptors (Lipinski definition) is 3. The summed E-state index contributed by atoms with van der Waals surface area (Å²) < 4.78 is 447. The summed E-state index contributed by atoms with van der Waals surface area (Å²) in [6.07, 6.45) is -39.4. The van der Waals surface area contributed by atoms with Crippen LogP contribution < -0.4 is 0 Å². The lowest BCUT2D eigenvalue weighted by molar-refractivity contribution is -0.480. The number of ether oxygens (including phenoxy) is 2. The molecule has 0 atom stereocenters. The van der Waals surface area contributed by atoms with Crippen molar-refractivity contribution >= 4 is 6.16 Å². The molecular formula is C17F34O3. The Hall–Kier alpha value is -3.11. The third kappa shape index (κ3) is 6.35. The number of halogens is 34. The van der Waals surface area contributed by atoms with Gasteiger partial charge in [0.2, 0.25) is 0 Å². The second kappa shape index (κ2) is 12.4. The molecule has 0 bridgehead atoms. The smallest absolute Gasteiger partial charge is 0.363 e. The molecule has 0 heterocycles. The van der Waals surface area contributed by atoms with E-state index >= 15 is 0 Å². The van der Waals surface area contributed by atoms with E-state index in [0.717, 1.165) is 0 Å². The van der Waals surface area contributed by atoms with Gasteiger partial charge in [0.15, 0.2) is 0 Å². The zero-order valence-electron chi connectivity index (χ0n) is 22.6. The van der Waals surface area contributed by atoms with E-state index in [1.54, 1.807) is 0 Å². The molecule has 37 heteroatoms. The molecular weight excluding hydrogens is 898 g/mol. The summed E-state index contributed by atoms with van der Waals surface area (Å²) in [6.45, 7) is 0. The van der Waals surface area contributed by atoms with Crippen molar-refractivity contribution in [2.24, 2.45) is 0 Å². The number of carbonyl (C=O) groups is 1. The summed E-state index contributed by atoms with van der Waals surface area (Å²) >= 11 is 0. The average Bonchev–Trinajstić information content (AvgIpc) is 2.89. The van der Waals surface area contributed by atoms with Crippen LogP contribution in [-0.4, -0.2) is 102 Å². The highest BCUT2D eigenvalue weighted by atomic mass is 19.4. The second-order valence-electron chi connectivity index (χ2n) is 9.38. The van der Waals surface area contributed by atoms with Gasteiger partial charge in [0.05, 0.1) is 0 Å². The maximum atomic E-state index is 13.6. The molecule has 0 radical (unpaired) electrons. The second-order valence-corrected chi connectivity index (χ2v) is 9.38. The number of rotatable bonds is 14. The van der Waals surface area contributed by atoms with E-state index in [9.17, 15) is 154 Å². The summed E-state index contributed by atoms with van der Waals surface area (Å²) in [7, 11) is 0. The van der Waals surface area contributed by atoms with Crippen molar-refractivity contribution in [3.8, 4) is 0 Å². The summed E-state index contributed by atoms with van der Waals surface area (Å²) in [5, 5.41) is 0. The summed E-state index contributed by atoms with van der Waals surface area (Å²) in [6, 6.07) is 0. The van der Waals surface area contributed by atoms with Crippen LogP contribution in [0.4, 0.5) is 154 Å². The van der Waals surface area contributed by atoms with E-state index in [2.05, 4.69) is 0 Å². The molecule has 0 fully saturated rings. The van der Waals surface area contributed by atoms with Gasteiger partial charge in [0.1, 0.15) is 0 Å². The molecule has 54 heavy (non-hydrogen) atoms. The van der Waals surface area contributed by atoms with Crippen molar-refractivity contribution in [1.82, 2.24) is 0 Å². The van der Waals surface area contributed by atoms with Crippen molar-refractivity contribution < 1.29 is 164 Å². The Morgan fingerprint density at radius 2 is 0.352 bits per heavy atom. The van der Waals surface area contributed by atoms with Crippen LogP contribution in [0.25, 0.3) is 0 Å². The van der Waals surface area contributed by atoms with Gasteiger partial charge in [0.25, 0.3) is 0 Å². The van der Waals surface area contributed by atoms with Crippen LogP contribution in [0.15, 0.2) is 0 Å². The predicted octanol–water partition coefficient (Wildman–Crippen LogP) is 11.1. The molecule has 0 aliphatic carbocycles. The van der Waals surface area contributed by atoms with Gasteiger partial charge < -0.3 is 9.47 Å². The lowest BCUT2D eigenvalue weighted by Gasteiger charge is -2.42. The van der Waals surface area contributed by atoms with E-state index in [1.165, 1.54) is 9.47 Å². The summed E-state index contributed by atoms with van der Waals surface area (Å²) in [5.74, 6) is -111. The van der Waals surface area contributed by atoms with Gasteiger partial charge in [-0.2, -0.15) is 149 Å². The molecule has 0 saturated heterocycles. The number of alkyl halides is 34. The van der Waals surface area contributed by atoms with E-state index in [-0.39, 0.29) is 0 Å². The standard InChI is InChI=1S/C17F34O3/c18-2(19,6(26,27)10(34,35)14(42,43)44)4(22,23)8(30,31)12(38,39)16(48,49)53-1(52)54-17(50,51)13(40,41)9(32,33)5(24,25)3(20,21)7(28,29)11(36,37)15(45,46)47. The molecule has 0 saturated carbocycles. The predicted molar refractivity (Wildman–Crippen MR) is 88.9 cm³/mol. The minimum absolute atomic E-state index is 1.18. The van der Waals surface area contributed by atoms with Crippen molar-refractivity contribution in [1.29, 1.82) is 0 Å². The van der Waals surface area contributed by atoms with Gasteiger partial charge in [0, 0.05) is 0 Å². The highest BCUT2D eigenvalue weighted by Crippen LogP contribution is 2.66. The fourth-order valence-electron chi connectivity index (χ4n) is 2.66. The summed E-state index contributed by atoms with van der Waals surface area (Å²) in [5.41, 5.74) is 0. The van der Waals surface area contributed by atoms with Gasteiger partial charge in [-0.3, -0.25) is 0 Å². The fourth-order valence-corrected chi connectivity index (χ4v) is 2.66. The molecule has 0 spiro atoms. The van der Waals surface area contributed by atoms with Crippen LogP contribution in [0.2, 0.25) is 0 Å². The molecule has 0 aromatic heterocycles. The fraction of sp³-hybridized carbons (Fsp3) is 0.941. The van der Waals surface area contributed by atoms with Crippen LogP contribution in [0, 0.1) is 0 Å². The number of hydrogen-bond donors (Lipinski definition) is 0. The quantitative estimate of drug-likeness (QED) is 0.129. The molecule has 0 aromatic carbocycles. The highest BCUT2D eigenvalue weighted by Gasteiger charge is 2.98. The first kappa shape index (κ1) is 50.9. The van der Waals surface area contributed by atoms with Crippen molar-refractivity contribution in [2.45, 2.75) is 95.6 Å². The lowest BCUT2D eigenvalue weighted by Crippen LogP contribution is -2.75. The Morgan fingerprint density at radius 3 is 0.500 bits per heavy atom. The van der Waals surface area contributed by atoms with Gasteiger partial charge in [-0.1, -0.05) is 0 Å². The minimum atomic E-state index is -9.51. The van der Waals surface area contributed by atoms with Crippen LogP contribution in [-0.2, 0) is 9.47 Å². The Labute approximate surface area is 267 Å². The molecule has 0 unspecified atom stereocenters. The number of carbonyl (C=O) groups excluding carboxylic acids is 1. The van der Waals surface area contributed by atoms with Gasteiger partial charge in [-0.15, -0.1) is 0 Å². The monoisotopic (exact) mass is 898 g/mol. The van der Waals surface area contributed by atoms with Crippen molar-refractivity contribution in [3.05, 3.63) is 0 Å². The SMILES string of the molecule is O=C(OC(F)(F)C(F)(F)C(F)(F)C(F)(F)C(F)(F)C(F)(F)C(F)(F)C(F)(F)F)OC(F)(F)C(F)(F)C(F)(F)C(F)(F)C(F)(F)C(F)(F)C(F)(F)C(F)(F)F. The maximum absolute atomic E-state index is 13.6. The third-order valence-electron chi connectivity index (χ3n) is 5.81. The van der Waals surface area contributed by atoms with E-state index in [1.807, 2.05) is 0 Å². The van der Waals surface area contributed by atoms with Gasteiger partial charge >= 0.3 is 102 Å². The molecule has 0 N–H and O–H groups in total. The molecule has 0 aliphatic rings. The van der Waals surface area contributed by atoms with Gasteiger partial charge in [-0.25, -0.2) is 4.79 Å². The van der Waals surface area contributed by atoms with E-state index in [4.69, 9.17) is 0 Å². The molecule has 3 nitrogen and oxygen atoms in total. The largest absolute Gasteiger partial charge is 0.518 e. The topological polar surface area (TPSA) is 35.5 Å². The Balaban J connectivity index is 6.98. The Morgan fingerprint density at radius 1 is 0.222 bits per heavy atom. The highest BCUT2D eigenvalue weighted by molar-refractivity contribution is 5.61. The minimum Gasteiger partial charge on any atom is -0.363 e. The van der Waals surface area contributed by atoms with E-state index < -0.39 is 102 Å². The third-order valence-corrected chi connectivity index (χ3v) is 5.81. The normalized spacial score (nSPS) is 16.8. The molecule has 0 aromatic rings. The zero-order valence-corrected chi connectivity index (χ0v) is 22.6. The molecule has 0 rings (SSSR count). The Bertz CT molecular complexity index is 1280. The molecule has 0 amide bonds. The zero-order chi connectivity index (χ0) is 45.0. The van der Waals surface area contributed by atoms with Crippen LogP contribution in [0.3, 0.4) is 0 Å². The average molecular weight is 898 g/mol. The van der Waals surface area contributed by atoms with E-state index in [0.29, 0.717) is 0 Å². The van der Waals surface area contributed by atoms with Gasteiger partial charge in [-0.05, 0) is 0 Å². The molecule has 324 valence electrons. The van der Waals surface area contributed by atoms with Crippen LogP contribution in [0.5, 0.6) is 0 Å². The van der Waals surface area contributed by atoms with Crippen molar-refractivity contribution in [3.63, 3.8) is 0 Å². The van der Waals surface area contributed by atoms with Crippen LogP contribution in [0.1, 0.15) is 0 Å². The Kier molecular flexibility index (Phi) is 11.7. The first-order valence-electron chi connectivity index (χ1n) is 10.9. The first-order valence-corrected chi connectivity index (χ1v) is 10.9. The lowest BCUT2D eigenvalue weighted by atomic mass is 9.90.